The number of hydrogen-bond donors (Lipinski definition) is 0. The van der Waals surface area contributed by atoms with Gasteiger partial charge in [-0.25, -0.2) is 4.98 Å². The third-order valence-corrected chi connectivity index (χ3v) is 6.10. The van der Waals surface area contributed by atoms with Crippen molar-refractivity contribution >= 4 is 16.7 Å². The fraction of sp³-hybridized carbons (Fsp3) is 0.476. The highest BCUT2D eigenvalue weighted by atomic mass is 32.1. The van der Waals surface area contributed by atoms with Crippen LogP contribution in [0.25, 0.3) is 0 Å². The van der Waals surface area contributed by atoms with E-state index in [9.17, 15) is 0 Å². The van der Waals surface area contributed by atoms with Crippen LogP contribution in [0.5, 0.6) is 0 Å². The average Bonchev–Trinajstić information content (AvgIpc) is 3.32. The molecule has 154 valence electrons. The predicted octanol–water partition coefficient (Wildman–Crippen LogP) is 3.17. The van der Waals surface area contributed by atoms with E-state index in [2.05, 4.69) is 52.1 Å². The minimum absolute atomic E-state index is 0.0940. The van der Waals surface area contributed by atoms with Crippen LogP contribution in [0.1, 0.15) is 34.4 Å². The average molecular weight is 414 g/mol. The number of morpholine rings is 1. The molecular weight excluding hydrogens is 386 g/mol. The van der Waals surface area contributed by atoms with Gasteiger partial charge in [-0.1, -0.05) is 30.3 Å². The predicted molar refractivity (Wildman–Crippen MR) is 114 cm³/mol. The Morgan fingerprint density at radius 1 is 1.24 bits per heavy atom. The van der Waals surface area contributed by atoms with Gasteiger partial charge in [-0.3, -0.25) is 4.68 Å². The van der Waals surface area contributed by atoms with E-state index in [1.54, 1.807) is 7.11 Å². The van der Waals surface area contributed by atoms with Gasteiger partial charge in [0, 0.05) is 42.9 Å². The molecule has 1 atom stereocenters. The second-order valence-corrected chi connectivity index (χ2v) is 7.98. The fourth-order valence-corrected chi connectivity index (χ4v) is 4.62. The smallest absolute Gasteiger partial charge is 0.205 e. The lowest BCUT2D eigenvalue weighted by atomic mass is 10.0. The van der Waals surface area contributed by atoms with E-state index in [4.69, 9.17) is 19.6 Å². The van der Waals surface area contributed by atoms with E-state index in [0.29, 0.717) is 19.8 Å². The minimum Gasteiger partial charge on any atom is -0.384 e. The van der Waals surface area contributed by atoms with Crippen LogP contribution >= 0.6 is 11.5 Å². The highest BCUT2D eigenvalue weighted by molar-refractivity contribution is 7.09. The third-order valence-electron chi connectivity index (χ3n) is 5.31. The first-order valence-corrected chi connectivity index (χ1v) is 10.7. The van der Waals surface area contributed by atoms with Crippen LogP contribution in [0.2, 0.25) is 0 Å². The van der Waals surface area contributed by atoms with E-state index < -0.39 is 0 Å². The Kier molecular flexibility index (Phi) is 6.22. The summed E-state index contributed by atoms with van der Waals surface area (Å²) in [6.07, 6.45) is 0.731. The maximum Gasteiger partial charge on any atom is 0.205 e. The molecule has 0 saturated carbocycles. The van der Waals surface area contributed by atoms with Crippen LogP contribution in [-0.4, -0.2) is 52.6 Å². The molecule has 0 bridgehead atoms. The summed E-state index contributed by atoms with van der Waals surface area (Å²) >= 11 is 1.45. The number of aryl methyl sites for hydroxylation is 1. The zero-order chi connectivity index (χ0) is 20.2. The molecule has 1 aromatic carbocycles. The summed E-state index contributed by atoms with van der Waals surface area (Å²) in [5.74, 6) is 0.838. The highest BCUT2D eigenvalue weighted by Crippen LogP contribution is 2.34. The van der Waals surface area contributed by atoms with E-state index in [1.807, 2.05) is 6.07 Å². The summed E-state index contributed by atoms with van der Waals surface area (Å²) in [4.78, 5) is 7.07. The van der Waals surface area contributed by atoms with Crippen molar-refractivity contribution in [2.75, 3.05) is 38.4 Å². The van der Waals surface area contributed by atoms with Crippen molar-refractivity contribution in [3.63, 3.8) is 0 Å². The number of nitrogens with zero attached hydrogens (tertiary/aromatic N) is 5. The molecule has 29 heavy (non-hydrogen) atoms. The first kappa shape index (κ1) is 20.0. The molecule has 3 aromatic rings. The van der Waals surface area contributed by atoms with Crippen molar-refractivity contribution in [2.45, 2.75) is 32.9 Å². The molecule has 0 radical (unpaired) electrons. The van der Waals surface area contributed by atoms with E-state index in [0.717, 1.165) is 36.2 Å². The molecule has 0 N–H and O–H groups in total. The first-order chi connectivity index (χ1) is 14.2. The molecule has 1 saturated heterocycles. The largest absolute Gasteiger partial charge is 0.384 e. The summed E-state index contributed by atoms with van der Waals surface area (Å²) in [5, 5.41) is 5.78. The van der Waals surface area contributed by atoms with E-state index >= 15 is 0 Å². The topological polar surface area (TPSA) is 65.3 Å². The Morgan fingerprint density at radius 2 is 2.07 bits per heavy atom. The maximum atomic E-state index is 5.86. The van der Waals surface area contributed by atoms with Gasteiger partial charge < -0.3 is 14.4 Å². The second kappa shape index (κ2) is 9.02. The Hall–Kier alpha value is -2.29. The number of anilines is 1. The molecule has 2 aromatic heterocycles. The zero-order valence-electron chi connectivity index (χ0n) is 17.2. The molecule has 4 rings (SSSR count). The van der Waals surface area contributed by atoms with Crippen molar-refractivity contribution in [3.8, 4) is 0 Å². The Balaban J connectivity index is 1.61. The molecule has 1 aliphatic heterocycles. The van der Waals surface area contributed by atoms with Gasteiger partial charge in [0.1, 0.15) is 5.82 Å². The van der Waals surface area contributed by atoms with Crippen molar-refractivity contribution in [3.05, 3.63) is 58.7 Å². The molecular formula is C21H27N5O2S. The normalized spacial score (nSPS) is 17.1. The summed E-state index contributed by atoms with van der Waals surface area (Å²) in [6.45, 7) is 7.75. The third kappa shape index (κ3) is 4.34. The van der Waals surface area contributed by atoms with Gasteiger partial charge in [-0.05, 0) is 19.4 Å². The lowest BCUT2D eigenvalue weighted by Gasteiger charge is -2.35. The summed E-state index contributed by atoms with van der Waals surface area (Å²) < 4.78 is 17.6. The van der Waals surface area contributed by atoms with Gasteiger partial charge in [0.2, 0.25) is 5.13 Å². The van der Waals surface area contributed by atoms with E-state index in [-0.39, 0.29) is 6.04 Å². The molecule has 1 fully saturated rings. The lowest BCUT2D eigenvalue weighted by molar-refractivity contribution is 0.0937. The van der Waals surface area contributed by atoms with Crippen LogP contribution in [0.4, 0.5) is 5.13 Å². The number of ether oxygens (including phenoxy) is 2. The van der Waals surface area contributed by atoms with Gasteiger partial charge in [0.05, 0.1) is 38.1 Å². The Labute approximate surface area is 175 Å². The van der Waals surface area contributed by atoms with Crippen LogP contribution in [0, 0.1) is 13.8 Å². The zero-order valence-corrected chi connectivity index (χ0v) is 18.0. The van der Waals surface area contributed by atoms with Crippen LogP contribution in [0.15, 0.2) is 30.3 Å². The maximum absolute atomic E-state index is 5.86. The standard InChI is InChI=1S/C21H27N5O2S/c1-15-20(16(2)26(23-15)13-17-7-5-4-6-8-17)18-14-28-12-10-25(18)21-22-19(24-29-21)9-11-27-3/h4-8,18H,9-14H2,1-3H3. The van der Waals surface area contributed by atoms with Gasteiger partial charge in [-0.2, -0.15) is 9.47 Å². The van der Waals surface area contributed by atoms with Crippen LogP contribution in [0.3, 0.4) is 0 Å². The van der Waals surface area contributed by atoms with Gasteiger partial charge in [0.25, 0.3) is 0 Å². The quantitative estimate of drug-likeness (QED) is 0.593. The van der Waals surface area contributed by atoms with Gasteiger partial charge in [-0.15, -0.1) is 0 Å². The van der Waals surface area contributed by atoms with Gasteiger partial charge >= 0.3 is 0 Å². The molecule has 3 heterocycles. The number of hydrogen-bond acceptors (Lipinski definition) is 7. The van der Waals surface area contributed by atoms with E-state index in [1.165, 1.54) is 28.4 Å². The molecule has 1 unspecified atom stereocenters. The molecule has 0 spiro atoms. The number of aromatic nitrogens is 4. The second-order valence-electron chi connectivity index (χ2n) is 7.25. The van der Waals surface area contributed by atoms with Crippen molar-refractivity contribution in [1.29, 1.82) is 0 Å². The monoisotopic (exact) mass is 413 g/mol. The van der Waals surface area contributed by atoms with Crippen molar-refractivity contribution < 1.29 is 9.47 Å². The SMILES string of the molecule is COCCc1nsc(N2CCOCC2c2c(C)nn(Cc3ccccc3)c2C)n1. The molecule has 8 heteroatoms. The molecule has 1 aliphatic rings. The minimum atomic E-state index is 0.0940. The molecule has 0 amide bonds. The number of benzene rings is 1. The lowest BCUT2D eigenvalue weighted by Crippen LogP contribution is -2.40. The van der Waals surface area contributed by atoms with Gasteiger partial charge in [0.15, 0.2) is 0 Å². The van der Waals surface area contributed by atoms with Crippen molar-refractivity contribution in [2.24, 2.45) is 0 Å². The summed E-state index contributed by atoms with van der Waals surface area (Å²) in [7, 11) is 1.70. The Bertz CT molecular complexity index is 940. The number of rotatable bonds is 7. The molecule has 0 aliphatic carbocycles. The molecule has 7 nitrogen and oxygen atoms in total. The summed E-state index contributed by atoms with van der Waals surface area (Å²) in [6, 6.07) is 10.5. The highest BCUT2D eigenvalue weighted by Gasteiger charge is 2.31. The fourth-order valence-electron chi connectivity index (χ4n) is 3.83. The Morgan fingerprint density at radius 3 is 2.86 bits per heavy atom. The summed E-state index contributed by atoms with van der Waals surface area (Å²) in [5.41, 5.74) is 4.70. The number of methoxy groups -OCH3 is 1. The van der Waals surface area contributed by atoms with Crippen LogP contribution < -0.4 is 4.90 Å². The van der Waals surface area contributed by atoms with Crippen LogP contribution in [-0.2, 0) is 22.4 Å². The first-order valence-electron chi connectivity index (χ1n) is 9.91. The van der Waals surface area contributed by atoms with Crippen molar-refractivity contribution in [1.82, 2.24) is 19.1 Å².